The van der Waals surface area contributed by atoms with E-state index in [0.717, 1.165) is 0 Å². The molecule has 12 atom stereocenters. The largest absolute Gasteiger partial charge is 0.396 e. The zero-order valence-corrected chi connectivity index (χ0v) is 31.0. The molecule has 314 valence electrons. The van der Waals surface area contributed by atoms with Gasteiger partial charge in [0.25, 0.3) is 17.7 Å². The monoisotopic (exact) mass is 814 g/mol. The van der Waals surface area contributed by atoms with Crippen molar-refractivity contribution in [3.8, 4) is 0 Å². The van der Waals surface area contributed by atoms with E-state index in [2.05, 4.69) is 20.9 Å². The Morgan fingerprint density at radius 1 is 0.845 bits per heavy atom. The number of rotatable bonds is 13. The normalized spacial score (nSPS) is 31.6. The average Bonchev–Trinajstić information content (AvgIpc) is 3.74. The van der Waals surface area contributed by atoms with E-state index in [1.165, 1.54) is 35.2 Å². The van der Waals surface area contributed by atoms with Gasteiger partial charge in [0.05, 0.1) is 17.9 Å². The number of amides is 3. The van der Waals surface area contributed by atoms with Crippen LogP contribution in [0.15, 0.2) is 60.8 Å². The topological polar surface area (TPSA) is 330 Å². The fourth-order valence-electron chi connectivity index (χ4n) is 6.96. The van der Waals surface area contributed by atoms with Gasteiger partial charge in [-0.3, -0.25) is 19.1 Å². The predicted octanol–water partition coefficient (Wildman–Crippen LogP) is -3.69. The number of aryl methyl sites for hydroxylation is 1. The minimum Gasteiger partial charge on any atom is -0.396 e. The third kappa shape index (κ3) is 8.52. The summed E-state index contributed by atoms with van der Waals surface area (Å²) in [6.07, 6.45) is -12.6. The first kappa shape index (κ1) is 42.8. The summed E-state index contributed by atoms with van der Waals surface area (Å²) in [5.74, 6) is -3.46. The lowest BCUT2D eigenvalue weighted by atomic mass is 9.82. The SMILES string of the molecule is C[C@@H](/C=C/CCn1cc(CCO)nn1)[C@]1(O)C(=O)N(Cc2ccc(NC(=O)[C@H]3O[C@@H](O)[C@H](O)[C@@H](O)[C@@H]3O)cc2)c2ccc(NC(=O)[C@H]3O[C@@H](O)[C@H](O)[C@@H](O)[C@@H]3O)cc21. The Morgan fingerprint density at radius 2 is 1.41 bits per heavy atom. The van der Waals surface area contributed by atoms with Crippen LogP contribution in [0.3, 0.4) is 0 Å². The summed E-state index contributed by atoms with van der Waals surface area (Å²) in [7, 11) is 0. The maximum Gasteiger partial charge on any atom is 0.264 e. The fraction of sp³-hybridized carbons (Fsp3) is 0.486. The average molecular weight is 815 g/mol. The number of carbonyl (C=O) groups is 3. The zero-order valence-electron chi connectivity index (χ0n) is 31.0. The Kier molecular flexibility index (Phi) is 13.0. The number of ether oxygens (including phenoxy) is 2. The van der Waals surface area contributed by atoms with Crippen LogP contribution in [0.25, 0.3) is 0 Å². The molecule has 1 aromatic heterocycles. The number of nitrogens with one attached hydrogen (secondary N) is 2. The van der Waals surface area contributed by atoms with Gasteiger partial charge in [0, 0.05) is 48.6 Å². The van der Waals surface area contributed by atoms with Crippen LogP contribution in [-0.4, -0.2) is 152 Å². The third-order valence-electron chi connectivity index (χ3n) is 10.4. The Labute approximate surface area is 330 Å². The molecule has 21 heteroatoms. The number of anilines is 3. The van der Waals surface area contributed by atoms with Gasteiger partial charge in [-0.1, -0.05) is 36.4 Å². The Bertz CT molecular complexity index is 1980. The van der Waals surface area contributed by atoms with Crippen LogP contribution in [0.1, 0.15) is 30.2 Å². The van der Waals surface area contributed by atoms with E-state index in [9.17, 15) is 60.3 Å². The number of hydrogen-bond acceptors (Lipinski definition) is 17. The summed E-state index contributed by atoms with van der Waals surface area (Å²) in [4.78, 5) is 41.6. The van der Waals surface area contributed by atoms with Gasteiger partial charge >= 0.3 is 0 Å². The van der Waals surface area contributed by atoms with Crippen LogP contribution in [0, 0.1) is 5.92 Å². The number of nitrogens with zero attached hydrogens (tertiary/aromatic N) is 4. The summed E-state index contributed by atoms with van der Waals surface area (Å²) in [6.45, 7) is 1.90. The lowest BCUT2D eigenvalue weighted by Gasteiger charge is -2.37. The molecule has 0 aliphatic carbocycles. The summed E-state index contributed by atoms with van der Waals surface area (Å²) in [5.41, 5.74) is -0.332. The van der Waals surface area contributed by atoms with Crippen molar-refractivity contribution >= 4 is 34.8 Å². The van der Waals surface area contributed by atoms with E-state index in [4.69, 9.17) is 14.6 Å². The van der Waals surface area contributed by atoms with E-state index in [1.54, 1.807) is 42.1 Å². The number of aliphatic hydroxyl groups excluding tert-OH is 9. The molecular weight excluding hydrogens is 768 g/mol. The van der Waals surface area contributed by atoms with Gasteiger partial charge in [0.2, 0.25) is 0 Å². The molecule has 0 saturated carbocycles. The zero-order chi connectivity index (χ0) is 42.1. The quantitative estimate of drug-likeness (QED) is 0.0739. The highest BCUT2D eigenvalue weighted by atomic mass is 16.6. The van der Waals surface area contributed by atoms with Crippen LogP contribution in [0.5, 0.6) is 0 Å². The molecule has 3 aliphatic heterocycles. The fourth-order valence-corrected chi connectivity index (χ4v) is 6.96. The lowest BCUT2D eigenvalue weighted by Crippen LogP contribution is -2.60. The minimum atomic E-state index is -2.18. The van der Waals surface area contributed by atoms with Crippen molar-refractivity contribution in [2.45, 2.75) is 99.9 Å². The van der Waals surface area contributed by atoms with Crippen molar-refractivity contribution in [2.75, 3.05) is 22.1 Å². The van der Waals surface area contributed by atoms with Crippen LogP contribution in [0.4, 0.5) is 17.1 Å². The van der Waals surface area contributed by atoms with Crippen molar-refractivity contribution in [3.05, 3.63) is 77.6 Å². The molecular formula is C37H46N6O15. The highest BCUT2D eigenvalue weighted by molar-refractivity contribution is 6.08. The van der Waals surface area contributed by atoms with Gasteiger partial charge in [-0.2, -0.15) is 0 Å². The van der Waals surface area contributed by atoms with Gasteiger partial charge < -0.3 is 76.1 Å². The van der Waals surface area contributed by atoms with E-state index >= 15 is 0 Å². The van der Waals surface area contributed by atoms with E-state index in [-0.39, 0.29) is 35.8 Å². The summed E-state index contributed by atoms with van der Waals surface area (Å²) < 4.78 is 11.6. The standard InChI is InChI=1S/C37H46N6O15/c1-17(4-2-3-12-42-16-21(11-13-44)40-41-42)37(56)22-14-20(39-33(52)31-27(48)25(46)29(50)35(54)58-31)9-10-23(22)43(36(37)55)15-18-5-7-19(8-6-18)38-32(51)30-26(47)24(45)28(49)34(53)57-30/h2,4-10,14,16-17,24-31,34-35,44-50,53-54,56H,3,11-13,15H2,1H3,(H,38,51)(H,39,52)/b4-2+/t17-,24-,25-,26-,27-,28+,29+,30-,31-,34+,35+,37+/m0/s1. The molecule has 0 bridgehead atoms. The number of fused-ring (bicyclic) bond motifs is 1. The second kappa shape index (κ2) is 17.6. The highest BCUT2D eigenvalue weighted by Gasteiger charge is 2.53. The first-order chi connectivity index (χ1) is 27.5. The van der Waals surface area contributed by atoms with Crippen LogP contribution < -0.4 is 15.5 Å². The molecule has 3 aliphatic rings. The molecule has 6 rings (SSSR count). The smallest absolute Gasteiger partial charge is 0.264 e. The molecule has 0 radical (unpaired) electrons. The van der Waals surface area contributed by atoms with Crippen LogP contribution in [0.2, 0.25) is 0 Å². The second-order valence-electron chi connectivity index (χ2n) is 14.4. The highest BCUT2D eigenvalue weighted by Crippen LogP contribution is 2.47. The Balaban J connectivity index is 1.21. The molecule has 21 nitrogen and oxygen atoms in total. The number of benzene rings is 2. The minimum absolute atomic E-state index is 0.0606. The van der Waals surface area contributed by atoms with Gasteiger partial charge in [0.1, 0.15) is 36.6 Å². The molecule has 4 heterocycles. The van der Waals surface area contributed by atoms with E-state index in [0.29, 0.717) is 30.6 Å². The molecule has 3 aromatic rings. The van der Waals surface area contributed by atoms with Gasteiger partial charge in [-0.15, -0.1) is 5.10 Å². The maximum absolute atomic E-state index is 14.3. The molecule has 58 heavy (non-hydrogen) atoms. The van der Waals surface area contributed by atoms with Crippen molar-refractivity contribution in [1.82, 2.24) is 15.0 Å². The Morgan fingerprint density at radius 3 is 2.00 bits per heavy atom. The van der Waals surface area contributed by atoms with Gasteiger partial charge in [0.15, 0.2) is 30.4 Å². The third-order valence-corrected chi connectivity index (χ3v) is 10.4. The summed E-state index contributed by atoms with van der Waals surface area (Å²) in [6, 6.07) is 10.4. The second-order valence-corrected chi connectivity index (χ2v) is 14.4. The first-order valence-corrected chi connectivity index (χ1v) is 18.4. The number of aliphatic hydroxyl groups is 10. The predicted molar refractivity (Wildman–Crippen MR) is 197 cm³/mol. The first-order valence-electron chi connectivity index (χ1n) is 18.4. The summed E-state index contributed by atoms with van der Waals surface area (Å²) in [5, 5.41) is 114. The molecule has 2 aromatic carbocycles. The molecule has 2 saturated heterocycles. The van der Waals surface area contributed by atoms with Crippen molar-refractivity contribution in [2.24, 2.45) is 5.92 Å². The van der Waals surface area contributed by atoms with Crippen LogP contribution >= 0.6 is 0 Å². The molecule has 12 N–H and O–H groups in total. The van der Waals surface area contributed by atoms with Crippen molar-refractivity contribution in [3.63, 3.8) is 0 Å². The van der Waals surface area contributed by atoms with E-state index in [1.807, 2.05) is 0 Å². The molecule has 0 spiro atoms. The number of carbonyl (C=O) groups excluding carboxylic acids is 3. The van der Waals surface area contributed by atoms with Crippen LogP contribution in [-0.2, 0) is 49.0 Å². The van der Waals surface area contributed by atoms with Gasteiger partial charge in [-0.25, -0.2) is 0 Å². The molecule has 3 amide bonds. The molecule has 2 fully saturated rings. The van der Waals surface area contributed by atoms with E-state index < -0.39 is 90.7 Å². The number of aromatic nitrogens is 3. The number of allylic oxidation sites excluding steroid dienone is 1. The Hall–Kier alpha value is -4.75. The van der Waals surface area contributed by atoms with Crippen molar-refractivity contribution in [1.29, 1.82) is 0 Å². The van der Waals surface area contributed by atoms with Crippen molar-refractivity contribution < 1.29 is 74.9 Å². The molecule has 0 unspecified atom stereocenters. The van der Waals surface area contributed by atoms with Gasteiger partial charge in [-0.05, 0) is 42.3 Å². The summed E-state index contributed by atoms with van der Waals surface area (Å²) >= 11 is 0. The lowest BCUT2D eigenvalue weighted by molar-refractivity contribution is -0.274. The maximum atomic E-state index is 14.3. The number of hydrogen-bond donors (Lipinski definition) is 12.